The van der Waals surface area contributed by atoms with Crippen molar-refractivity contribution in [3.8, 4) is 0 Å². The number of anilines is 1. The van der Waals surface area contributed by atoms with E-state index in [9.17, 15) is 4.79 Å². The second kappa shape index (κ2) is 7.79. The van der Waals surface area contributed by atoms with Gasteiger partial charge in [-0.1, -0.05) is 12.1 Å². The minimum absolute atomic E-state index is 0.0645. The molecule has 3 N–H and O–H groups in total. The number of carbonyl (C=O) groups excluding carboxylic acids is 1. The molecule has 2 aromatic heterocycles. The number of nitrogens with zero attached hydrogens (tertiary/aromatic N) is 2. The molecule has 26 heavy (non-hydrogen) atoms. The molecule has 3 aromatic rings. The summed E-state index contributed by atoms with van der Waals surface area (Å²) >= 11 is 3.32. The van der Waals surface area contributed by atoms with Crippen LogP contribution in [0.25, 0.3) is 10.2 Å². The van der Waals surface area contributed by atoms with Crippen molar-refractivity contribution in [2.75, 3.05) is 31.5 Å². The summed E-state index contributed by atoms with van der Waals surface area (Å²) in [5.41, 5.74) is 2.19. The lowest BCUT2D eigenvalue weighted by Crippen LogP contribution is -3.27. The molecule has 0 aliphatic carbocycles. The molecular weight excluding hydrogens is 366 g/mol. The molecule has 8 heteroatoms. The van der Waals surface area contributed by atoms with Gasteiger partial charge in [0, 0.05) is 12.3 Å². The van der Waals surface area contributed by atoms with E-state index in [-0.39, 0.29) is 5.91 Å². The van der Waals surface area contributed by atoms with Crippen LogP contribution in [0.1, 0.15) is 17.6 Å². The number of benzene rings is 1. The molecule has 0 saturated carbocycles. The van der Waals surface area contributed by atoms with Crippen LogP contribution in [0.15, 0.2) is 29.6 Å². The van der Waals surface area contributed by atoms with Gasteiger partial charge in [-0.3, -0.25) is 4.79 Å². The molecule has 1 fully saturated rings. The number of rotatable bonds is 5. The van der Waals surface area contributed by atoms with Crippen molar-refractivity contribution in [2.45, 2.75) is 20.0 Å². The quantitative estimate of drug-likeness (QED) is 0.584. The second-order valence-corrected chi connectivity index (χ2v) is 8.73. The number of para-hydroxylation sites is 1. The zero-order chi connectivity index (χ0) is 17.9. The van der Waals surface area contributed by atoms with E-state index < -0.39 is 0 Å². The molecule has 0 unspecified atom stereocenters. The van der Waals surface area contributed by atoms with Crippen LogP contribution in [-0.4, -0.2) is 42.1 Å². The number of fused-ring (bicyclic) bond motifs is 1. The first kappa shape index (κ1) is 17.5. The molecule has 1 aliphatic rings. The van der Waals surface area contributed by atoms with Gasteiger partial charge >= 0.3 is 0 Å². The number of carbonyl (C=O) groups is 1. The molecule has 4 rings (SSSR count). The fraction of sp³-hybridized carbons (Fsp3) is 0.389. The van der Waals surface area contributed by atoms with Crippen LogP contribution in [0.4, 0.5) is 5.13 Å². The highest BCUT2D eigenvalue weighted by Crippen LogP contribution is 2.20. The first-order valence-electron chi connectivity index (χ1n) is 8.89. The third-order valence-corrected chi connectivity index (χ3v) is 6.51. The van der Waals surface area contributed by atoms with Crippen molar-refractivity contribution in [2.24, 2.45) is 0 Å². The van der Waals surface area contributed by atoms with Crippen molar-refractivity contribution in [3.63, 3.8) is 0 Å². The van der Waals surface area contributed by atoms with Crippen molar-refractivity contribution in [3.05, 3.63) is 40.3 Å². The van der Waals surface area contributed by atoms with E-state index in [0.717, 1.165) is 50.5 Å². The van der Waals surface area contributed by atoms with E-state index >= 15 is 0 Å². The highest BCUT2D eigenvalue weighted by molar-refractivity contribution is 7.18. The fourth-order valence-corrected chi connectivity index (χ4v) is 5.17. The Balaban J connectivity index is 1.28. The van der Waals surface area contributed by atoms with E-state index in [1.807, 2.05) is 11.3 Å². The Bertz CT molecular complexity index is 865. The molecule has 3 heterocycles. The van der Waals surface area contributed by atoms with Gasteiger partial charge in [-0.2, -0.15) is 0 Å². The number of thiazole rings is 2. The molecule has 1 aromatic carbocycles. The van der Waals surface area contributed by atoms with Gasteiger partial charge in [0.1, 0.15) is 50.0 Å². The maximum Gasteiger partial charge on any atom is 0.223 e. The van der Waals surface area contributed by atoms with Crippen LogP contribution in [0.3, 0.4) is 0 Å². The Kier molecular flexibility index (Phi) is 5.26. The topological polar surface area (TPSA) is 63.8 Å². The van der Waals surface area contributed by atoms with Crippen LogP contribution >= 0.6 is 22.7 Å². The lowest BCUT2D eigenvalue weighted by molar-refractivity contribution is -1.02. The SMILES string of the molecule is CC(=O)Nc1nc(C[NH+]2CC[NH+](Cc3nc4ccccc4s3)CC2)cs1. The standard InChI is InChI=1S/C18H21N5OS2/c1-13(24)19-18-20-14(12-25-18)10-22-6-8-23(9-7-22)11-17-21-15-4-2-3-5-16(15)26-17/h2-5,12H,6-11H2,1H3,(H,19,20,24)/p+2. The molecule has 0 radical (unpaired) electrons. The Morgan fingerprint density at radius 3 is 2.58 bits per heavy atom. The van der Waals surface area contributed by atoms with E-state index in [4.69, 9.17) is 4.98 Å². The third kappa shape index (κ3) is 4.27. The normalized spacial score (nSPS) is 20.3. The number of hydrogen-bond donors (Lipinski definition) is 3. The largest absolute Gasteiger partial charge is 0.321 e. The lowest BCUT2D eigenvalue weighted by atomic mass is 10.3. The first-order valence-corrected chi connectivity index (χ1v) is 10.6. The minimum Gasteiger partial charge on any atom is -0.321 e. The summed E-state index contributed by atoms with van der Waals surface area (Å²) in [4.78, 5) is 23.6. The molecule has 6 nitrogen and oxygen atoms in total. The molecular formula is C18H23N5OS2+2. The molecule has 0 atom stereocenters. The van der Waals surface area contributed by atoms with Crippen molar-refractivity contribution in [1.82, 2.24) is 9.97 Å². The second-order valence-electron chi connectivity index (χ2n) is 6.75. The monoisotopic (exact) mass is 389 g/mol. The van der Waals surface area contributed by atoms with Gasteiger partial charge in [0.05, 0.1) is 10.2 Å². The average Bonchev–Trinajstić information content (AvgIpc) is 3.22. The molecule has 0 bridgehead atoms. The Morgan fingerprint density at radius 1 is 1.12 bits per heavy atom. The smallest absolute Gasteiger partial charge is 0.223 e. The number of hydrogen-bond acceptors (Lipinski definition) is 5. The summed E-state index contributed by atoms with van der Waals surface area (Å²) in [5.74, 6) is -0.0645. The number of piperazine rings is 1. The third-order valence-electron chi connectivity index (χ3n) is 4.67. The van der Waals surface area contributed by atoms with Gasteiger partial charge < -0.3 is 15.1 Å². The summed E-state index contributed by atoms with van der Waals surface area (Å²) in [7, 11) is 0. The molecule has 1 aliphatic heterocycles. The summed E-state index contributed by atoms with van der Waals surface area (Å²) in [6.07, 6.45) is 0. The van der Waals surface area contributed by atoms with Crippen LogP contribution in [0, 0.1) is 0 Å². The van der Waals surface area contributed by atoms with Crippen LogP contribution in [0.2, 0.25) is 0 Å². The van der Waals surface area contributed by atoms with Crippen LogP contribution in [0.5, 0.6) is 0 Å². The lowest BCUT2D eigenvalue weighted by Gasteiger charge is -2.28. The maximum absolute atomic E-state index is 11.1. The van der Waals surface area contributed by atoms with Gasteiger partial charge in [-0.25, -0.2) is 9.97 Å². The van der Waals surface area contributed by atoms with Gasteiger partial charge in [-0.15, -0.1) is 22.7 Å². The zero-order valence-corrected chi connectivity index (χ0v) is 16.4. The average molecular weight is 390 g/mol. The van der Waals surface area contributed by atoms with Crippen molar-refractivity contribution in [1.29, 1.82) is 0 Å². The predicted octanol–water partition coefficient (Wildman–Crippen LogP) is 0.195. The minimum atomic E-state index is -0.0645. The number of quaternary nitrogens is 2. The summed E-state index contributed by atoms with van der Waals surface area (Å²) < 4.78 is 1.28. The van der Waals surface area contributed by atoms with Gasteiger partial charge in [0.2, 0.25) is 5.91 Å². The van der Waals surface area contributed by atoms with E-state index in [1.165, 1.54) is 28.0 Å². The zero-order valence-electron chi connectivity index (χ0n) is 14.7. The van der Waals surface area contributed by atoms with E-state index in [0.29, 0.717) is 5.13 Å². The van der Waals surface area contributed by atoms with Gasteiger partial charge in [0.25, 0.3) is 0 Å². The van der Waals surface area contributed by atoms with E-state index in [2.05, 4.69) is 39.9 Å². The first-order chi connectivity index (χ1) is 12.7. The predicted molar refractivity (Wildman–Crippen MR) is 105 cm³/mol. The van der Waals surface area contributed by atoms with Gasteiger partial charge in [-0.05, 0) is 12.1 Å². The van der Waals surface area contributed by atoms with Crippen LogP contribution in [-0.2, 0) is 17.9 Å². The Labute approximate surface area is 160 Å². The molecule has 1 saturated heterocycles. The molecule has 0 spiro atoms. The summed E-state index contributed by atoms with van der Waals surface area (Å²) in [5, 5.41) is 6.75. The highest BCUT2D eigenvalue weighted by Gasteiger charge is 2.24. The summed E-state index contributed by atoms with van der Waals surface area (Å²) in [6, 6.07) is 8.37. The van der Waals surface area contributed by atoms with Gasteiger partial charge in [0.15, 0.2) is 5.13 Å². The number of amides is 1. The highest BCUT2D eigenvalue weighted by atomic mass is 32.1. The van der Waals surface area contributed by atoms with Crippen LogP contribution < -0.4 is 15.1 Å². The molecule has 136 valence electrons. The number of aromatic nitrogens is 2. The Hall–Kier alpha value is -1.87. The van der Waals surface area contributed by atoms with Crippen molar-refractivity contribution < 1.29 is 14.6 Å². The number of nitrogens with one attached hydrogen (secondary N) is 3. The summed E-state index contributed by atoms with van der Waals surface area (Å²) in [6.45, 7) is 8.09. The Morgan fingerprint density at radius 2 is 1.85 bits per heavy atom. The maximum atomic E-state index is 11.1. The molecule has 1 amide bonds. The van der Waals surface area contributed by atoms with Crippen molar-refractivity contribution >= 4 is 43.9 Å². The fourth-order valence-electron chi connectivity index (χ4n) is 3.37. The van der Waals surface area contributed by atoms with E-state index in [1.54, 1.807) is 9.80 Å².